The summed E-state index contributed by atoms with van der Waals surface area (Å²) in [5, 5.41) is 10.00. The number of fused-ring (bicyclic) bond motifs is 1. The van der Waals surface area contributed by atoms with Gasteiger partial charge in [0.15, 0.2) is 0 Å². The highest BCUT2D eigenvalue weighted by atomic mass is 16.3. The van der Waals surface area contributed by atoms with Crippen molar-refractivity contribution in [2.45, 2.75) is 32.8 Å². The molecule has 0 bridgehead atoms. The van der Waals surface area contributed by atoms with E-state index in [1.165, 1.54) is 0 Å². The molecule has 0 amide bonds. The number of hydrogen-bond acceptors (Lipinski definition) is 3. The first-order valence-electron chi connectivity index (χ1n) is 4.96. The molecule has 2 atom stereocenters. The van der Waals surface area contributed by atoms with Crippen LogP contribution in [0, 0.1) is 11.8 Å². The molecule has 0 spiro atoms. The minimum Gasteiger partial charge on any atom is -0.386 e. The second-order valence-corrected chi connectivity index (χ2v) is 4.18. The molecule has 0 aromatic carbocycles. The maximum absolute atomic E-state index is 10.00. The van der Waals surface area contributed by atoms with Crippen LogP contribution in [0.4, 0.5) is 0 Å². The standard InChI is InChI=1S/C10H16N2O/c1-6(2)7-3-4-8-9(10(7)13)12-5-11-8/h6-7,10,13H,3-5H2,1-2H3. The van der Waals surface area contributed by atoms with Crippen LogP contribution in [-0.4, -0.2) is 29.3 Å². The second-order valence-electron chi connectivity index (χ2n) is 4.18. The topological polar surface area (TPSA) is 45.0 Å². The molecule has 72 valence electrons. The van der Waals surface area contributed by atoms with Gasteiger partial charge in [0.25, 0.3) is 0 Å². The summed E-state index contributed by atoms with van der Waals surface area (Å²) in [6.45, 7) is 4.85. The molecule has 1 heterocycles. The van der Waals surface area contributed by atoms with Crippen molar-refractivity contribution in [3.05, 3.63) is 0 Å². The predicted octanol–water partition coefficient (Wildman–Crippen LogP) is 1.27. The average Bonchev–Trinajstić information content (AvgIpc) is 2.52. The highest BCUT2D eigenvalue weighted by molar-refractivity contribution is 6.45. The Balaban J connectivity index is 2.18. The average molecular weight is 180 g/mol. The maximum atomic E-state index is 10.00. The molecule has 1 N–H and O–H groups in total. The van der Waals surface area contributed by atoms with E-state index in [9.17, 15) is 5.11 Å². The Kier molecular flexibility index (Phi) is 2.20. The summed E-state index contributed by atoms with van der Waals surface area (Å²) >= 11 is 0. The Morgan fingerprint density at radius 2 is 2.15 bits per heavy atom. The van der Waals surface area contributed by atoms with Gasteiger partial charge >= 0.3 is 0 Å². The maximum Gasteiger partial charge on any atom is 0.130 e. The zero-order valence-corrected chi connectivity index (χ0v) is 8.20. The van der Waals surface area contributed by atoms with Gasteiger partial charge in [0.2, 0.25) is 0 Å². The Morgan fingerprint density at radius 1 is 1.38 bits per heavy atom. The van der Waals surface area contributed by atoms with Crippen LogP contribution in [0.1, 0.15) is 26.7 Å². The molecule has 1 aliphatic carbocycles. The van der Waals surface area contributed by atoms with E-state index in [0.29, 0.717) is 18.5 Å². The molecule has 0 aromatic heterocycles. The zero-order chi connectivity index (χ0) is 9.42. The van der Waals surface area contributed by atoms with Crippen molar-refractivity contribution < 1.29 is 5.11 Å². The molecule has 0 saturated heterocycles. The first-order chi connectivity index (χ1) is 6.20. The van der Waals surface area contributed by atoms with E-state index in [0.717, 1.165) is 24.3 Å². The summed E-state index contributed by atoms with van der Waals surface area (Å²) in [4.78, 5) is 8.49. The van der Waals surface area contributed by atoms with Gasteiger partial charge in [-0.2, -0.15) is 0 Å². The molecule has 0 aromatic rings. The van der Waals surface area contributed by atoms with Crippen LogP contribution in [0.2, 0.25) is 0 Å². The fourth-order valence-corrected chi connectivity index (χ4v) is 2.20. The van der Waals surface area contributed by atoms with Crippen molar-refractivity contribution in [2.24, 2.45) is 21.8 Å². The zero-order valence-electron chi connectivity index (χ0n) is 8.20. The van der Waals surface area contributed by atoms with Crippen LogP contribution in [0.3, 0.4) is 0 Å². The highest BCUT2D eigenvalue weighted by Crippen LogP contribution is 2.29. The number of rotatable bonds is 1. The van der Waals surface area contributed by atoms with E-state index in [4.69, 9.17) is 0 Å². The number of nitrogens with zero attached hydrogens (tertiary/aromatic N) is 2. The molecule has 3 heteroatoms. The molecule has 13 heavy (non-hydrogen) atoms. The van der Waals surface area contributed by atoms with Crippen LogP contribution in [0.15, 0.2) is 9.98 Å². The lowest BCUT2D eigenvalue weighted by molar-refractivity contribution is 0.130. The lowest BCUT2D eigenvalue weighted by Crippen LogP contribution is -2.41. The predicted molar refractivity (Wildman–Crippen MR) is 53.3 cm³/mol. The van der Waals surface area contributed by atoms with Gasteiger partial charge in [0.05, 0.1) is 11.4 Å². The van der Waals surface area contributed by atoms with Crippen molar-refractivity contribution in [3.63, 3.8) is 0 Å². The van der Waals surface area contributed by atoms with E-state index < -0.39 is 0 Å². The molecule has 2 unspecified atom stereocenters. The summed E-state index contributed by atoms with van der Waals surface area (Å²) in [6.07, 6.45) is 1.69. The summed E-state index contributed by atoms with van der Waals surface area (Å²) in [7, 11) is 0. The van der Waals surface area contributed by atoms with E-state index in [1.54, 1.807) is 0 Å². The SMILES string of the molecule is CC(C)C1CCC2=NCN=C2C1O. The first kappa shape index (κ1) is 8.88. The molecular weight excluding hydrogens is 164 g/mol. The van der Waals surface area contributed by atoms with Crippen molar-refractivity contribution in [2.75, 3.05) is 6.67 Å². The van der Waals surface area contributed by atoms with Crippen LogP contribution < -0.4 is 0 Å². The number of hydrogen-bond donors (Lipinski definition) is 1. The molecular formula is C10H16N2O. The van der Waals surface area contributed by atoms with Gasteiger partial charge in [-0.3, -0.25) is 9.98 Å². The molecule has 1 saturated carbocycles. The molecule has 2 aliphatic rings. The van der Waals surface area contributed by atoms with Crippen LogP contribution in [-0.2, 0) is 0 Å². The number of aliphatic hydroxyl groups is 1. The largest absolute Gasteiger partial charge is 0.386 e. The second kappa shape index (κ2) is 3.22. The molecule has 1 aliphatic heterocycles. The third-order valence-electron chi connectivity index (χ3n) is 3.05. The molecule has 1 fully saturated rings. The Bertz CT molecular complexity index is 268. The Hall–Kier alpha value is -0.700. The van der Waals surface area contributed by atoms with Crippen LogP contribution >= 0.6 is 0 Å². The van der Waals surface area contributed by atoms with Gasteiger partial charge in [-0.05, 0) is 24.7 Å². The molecule has 2 rings (SSSR count). The quantitative estimate of drug-likeness (QED) is 0.649. The third kappa shape index (κ3) is 1.41. The van der Waals surface area contributed by atoms with Crippen molar-refractivity contribution in [3.8, 4) is 0 Å². The lowest BCUT2D eigenvalue weighted by atomic mass is 9.77. The van der Waals surface area contributed by atoms with Gasteiger partial charge < -0.3 is 5.11 Å². The number of aliphatic imine (C=N–C) groups is 2. The van der Waals surface area contributed by atoms with Crippen molar-refractivity contribution >= 4 is 11.4 Å². The third-order valence-corrected chi connectivity index (χ3v) is 3.05. The summed E-state index contributed by atoms with van der Waals surface area (Å²) < 4.78 is 0. The van der Waals surface area contributed by atoms with Crippen molar-refractivity contribution in [1.82, 2.24) is 0 Å². The van der Waals surface area contributed by atoms with E-state index in [-0.39, 0.29) is 6.10 Å². The van der Waals surface area contributed by atoms with E-state index in [2.05, 4.69) is 23.8 Å². The van der Waals surface area contributed by atoms with Gasteiger partial charge in [-0.15, -0.1) is 0 Å². The minimum absolute atomic E-state index is 0.366. The van der Waals surface area contributed by atoms with E-state index >= 15 is 0 Å². The molecule has 0 radical (unpaired) electrons. The van der Waals surface area contributed by atoms with E-state index in [1.807, 2.05) is 0 Å². The summed E-state index contributed by atoms with van der Waals surface area (Å²) in [6, 6.07) is 0. The monoisotopic (exact) mass is 180 g/mol. The first-order valence-corrected chi connectivity index (χ1v) is 4.96. The summed E-state index contributed by atoms with van der Waals surface area (Å²) in [5.41, 5.74) is 1.91. The van der Waals surface area contributed by atoms with Crippen LogP contribution in [0.25, 0.3) is 0 Å². The van der Waals surface area contributed by atoms with Gasteiger partial charge in [0, 0.05) is 0 Å². The fraction of sp³-hybridized carbons (Fsp3) is 0.800. The Morgan fingerprint density at radius 3 is 2.85 bits per heavy atom. The lowest BCUT2D eigenvalue weighted by Gasteiger charge is -2.31. The summed E-state index contributed by atoms with van der Waals surface area (Å²) in [5.74, 6) is 0.899. The van der Waals surface area contributed by atoms with Gasteiger partial charge in [-0.25, -0.2) is 0 Å². The smallest absolute Gasteiger partial charge is 0.130 e. The minimum atomic E-state index is -0.366. The number of aliphatic hydroxyl groups excluding tert-OH is 1. The molecule has 3 nitrogen and oxygen atoms in total. The fourth-order valence-electron chi connectivity index (χ4n) is 2.20. The normalized spacial score (nSPS) is 32.9. The van der Waals surface area contributed by atoms with Gasteiger partial charge in [0.1, 0.15) is 12.8 Å². The van der Waals surface area contributed by atoms with Crippen molar-refractivity contribution in [1.29, 1.82) is 0 Å². The van der Waals surface area contributed by atoms with Gasteiger partial charge in [-0.1, -0.05) is 13.8 Å². The highest BCUT2D eigenvalue weighted by Gasteiger charge is 2.35. The van der Waals surface area contributed by atoms with Crippen LogP contribution in [0.5, 0.6) is 0 Å². The Labute approximate surface area is 78.6 Å².